The highest BCUT2D eigenvalue weighted by Gasteiger charge is 2.58. The standard InChI is InChI=1S/C26H35NO4/c1-5-30-24(29)20(15-27)22-9-8-21-19-7-6-17-14-18(31-16(2)28)10-12-25(17,3)23(19)11-13-26(21,22)4/h6,18-19,21,23H,5,7-14H2,1-4H3/b22-20-/t18-,19+,21-,23+,25+,26+/m1/s1. The summed E-state index contributed by atoms with van der Waals surface area (Å²) in [5.41, 5.74) is 2.86. The number of ether oxygens (including phenoxy) is 2. The first-order chi connectivity index (χ1) is 14.7. The first kappa shape index (κ1) is 22.1. The maximum absolute atomic E-state index is 12.5. The van der Waals surface area contributed by atoms with Crippen LogP contribution in [-0.4, -0.2) is 24.6 Å². The van der Waals surface area contributed by atoms with Crippen LogP contribution in [0.2, 0.25) is 0 Å². The predicted octanol–water partition coefficient (Wildman–Crippen LogP) is 5.26. The molecule has 0 aromatic carbocycles. The zero-order valence-electron chi connectivity index (χ0n) is 19.3. The fraction of sp³-hybridized carbons (Fsp3) is 0.731. The lowest BCUT2D eigenvalue weighted by atomic mass is 9.47. The van der Waals surface area contributed by atoms with Crippen molar-refractivity contribution < 1.29 is 19.1 Å². The summed E-state index contributed by atoms with van der Waals surface area (Å²) < 4.78 is 10.7. The molecule has 4 aliphatic carbocycles. The van der Waals surface area contributed by atoms with E-state index in [4.69, 9.17) is 9.47 Å². The topological polar surface area (TPSA) is 76.4 Å². The molecule has 0 bridgehead atoms. The van der Waals surface area contributed by atoms with Crippen molar-refractivity contribution in [2.24, 2.45) is 28.6 Å². The Morgan fingerprint density at radius 2 is 1.87 bits per heavy atom. The zero-order valence-corrected chi connectivity index (χ0v) is 19.3. The summed E-state index contributed by atoms with van der Waals surface area (Å²) in [4.78, 5) is 23.9. The normalized spacial score (nSPS) is 40.4. The van der Waals surface area contributed by atoms with Crippen molar-refractivity contribution >= 4 is 11.9 Å². The number of nitrogens with zero attached hydrogens (tertiary/aromatic N) is 1. The van der Waals surface area contributed by atoms with Crippen molar-refractivity contribution in [1.29, 1.82) is 5.26 Å². The van der Waals surface area contributed by atoms with Gasteiger partial charge in [-0.1, -0.05) is 25.5 Å². The molecule has 3 saturated carbocycles. The lowest BCUT2D eigenvalue weighted by Crippen LogP contribution is -2.50. The molecule has 0 aromatic heterocycles. The van der Waals surface area contributed by atoms with Gasteiger partial charge in [0.05, 0.1) is 6.61 Å². The second-order valence-electron chi connectivity index (χ2n) is 10.4. The van der Waals surface area contributed by atoms with Crippen LogP contribution >= 0.6 is 0 Å². The molecule has 4 rings (SSSR count). The van der Waals surface area contributed by atoms with Gasteiger partial charge < -0.3 is 9.47 Å². The van der Waals surface area contributed by atoms with Gasteiger partial charge in [0.25, 0.3) is 0 Å². The SMILES string of the molecule is CCOC(=O)/C(C#N)=C1/CC[C@@H]2[C@@H]3CC=C4C[C@H](OC(C)=O)CC[C@]4(C)[C@H]3CC[C@]12C. The van der Waals surface area contributed by atoms with Gasteiger partial charge in [-0.25, -0.2) is 4.79 Å². The van der Waals surface area contributed by atoms with E-state index in [1.54, 1.807) is 6.92 Å². The second kappa shape index (κ2) is 8.11. The Balaban J connectivity index is 1.62. The van der Waals surface area contributed by atoms with Crippen LogP contribution < -0.4 is 0 Å². The Morgan fingerprint density at radius 1 is 1.16 bits per heavy atom. The highest BCUT2D eigenvalue weighted by molar-refractivity contribution is 5.94. The van der Waals surface area contributed by atoms with E-state index in [1.807, 2.05) is 0 Å². The molecule has 5 heteroatoms. The average Bonchev–Trinajstić information content (AvgIpc) is 3.06. The van der Waals surface area contributed by atoms with Gasteiger partial charge in [0.2, 0.25) is 0 Å². The molecule has 31 heavy (non-hydrogen) atoms. The van der Waals surface area contributed by atoms with Gasteiger partial charge in [-0.15, -0.1) is 0 Å². The van der Waals surface area contributed by atoms with Crippen LogP contribution in [0, 0.1) is 39.9 Å². The maximum Gasteiger partial charge on any atom is 0.348 e. The smallest absolute Gasteiger partial charge is 0.348 e. The minimum atomic E-state index is -0.453. The molecule has 0 saturated heterocycles. The van der Waals surface area contributed by atoms with E-state index in [0.717, 1.165) is 56.9 Å². The number of rotatable bonds is 3. The summed E-state index contributed by atoms with van der Waals surface area (Å²) in [7, 11) is 0. The van der Waals surface area contributed by atoms with E-state index >= 15 is 0 Å². The quantitative estimate of drug-likeness (QED) is 0.267. The van der Waals surface area contributed by atoms with Crippen molar-refractivity contribution in [1.82, 2.24) is 0 Å². The summed E-state index contributed by atoms with van der Waals surface area (Å²) >= 11 is 0. The third kappa shape index (κ3) is 3.52. The fourth-order valence-corrected chi connectivity index (χ4v) is 7.63. The molecule has 0 aliphatic heterocycles. The first-order valence-electron chi connectivity index (χ1n) is 11.9. The zero-order chi connectivity index (χ0) is 22.4. The number of allylic oxidation sites excluding steroid dienone is 2. The molecular weight excluding hydrogens is 390 g/mol. The van der Waals surface area contributed by atoms with Crippen LogP contribution in [0.15, 0.2) is 22.8 Å². The highest BCUT2D eigenvalue weighted by atomic mass is 16.5. The fourth-order valence-electron chi connectivity index (χ4n) is 7.63. The minimum absolute atomic E-state index is 0.0195. The van der Waals surface area contributed by atoms with Crippen LogP contribution in [0.5, 0.6) is 0 Å². The summed E-state index contributed by atoms with van der Waals surface area (Å²) in [6.45, 7) is 8.28. The van der Waals surface area contributed by atoms with Crippen molar-refractivity contribution in [2.75, 3.05) is 6.61 Å². The number of fused-ring (bicyclic) bond motifs is 5. The van der Waals surface area contributed by atoms with E-state index in [9.17, 15) is 14.9 Å². The number of carbonyl (C=O) groups is 2. The summed E-state index contributed by atoms with van der Waals surface area (Å²) in [6, 6.07) is 2.18. The van der Waals surface area contributed by atoms with Gasteiger partial charge in [-0.2, -0.15) is 5.26 Å². The van der Waals surface area contributed by atoms with Crippen molar-refractivity contribution in [3.63, 3.8) is 0 Å². The van der Waals surface area contributed by atoms with Crippen LogP contribution in [0.3, 0.4) is 0 Å². The Hall–Kier alpha value is -2.09. The van der Waals surface area contributed by atoms with Crippen LogP contribution in [0.25, 0.3) is 0 Å². The van der Waals surface area contributed by atoms with Gasteiger partial charge in [-0.05, 0) is 86.0 Å². The number of esters is 2. The number of nitriles is 1. The van der Waals surface area contributed by atoms with Crippen LogP contribution in [0.4, 0.5) is 0 Å². The van der Waals surface area contributed by atoms with Crippen molar-refractivity contribution in [2.45, 2.75) is 85.2 Å². The monoisotopic (exact) mass is 425 g/mol. The minimum Gasteiger partial charge on any atom is -0.462 e. The third-order valence-electron chi connectivity index (χ3n) is 9.07. The summed E-state index contributed by atoms with van der Waals surface area (Å²) in [6.07, 6.45) is 10.4. The Bertz CT molecular complexity index is 880. The predicted molar refractivity (Wildman–Crippen MR) is 117 cm³/mol. The van der Waals surface area contributed by atoms with Gasteiger partial charge in [0.15, 0.2) is 0 Å². The maximum atomic E-state index is 12.5. The number of carbonyl (C=O) groups excluding carboxylic acids is 2. The van der Waals surface area contributed by atoms with Gasteiger partial charge in [-0.3, -0.25) is 4.79 Å². The molecule has 0 aromatic rings. The van der Waals surface area contributed by atoms with E-state index in [1.165, 1.54) is 12.5 Å². The van der Waals surface area contributed by atoms with Crippen LogP contribution in [0.1, 0.15) is 79.1 Å². The third-order valence-corrected chi connectivity index (χ3v) is 9.07. The van der Waals surface area contributed by atoms with E-state index in [-0.39, 0.29) is 28.5 Å². The largest absolute Gasteiger partial charge is 0.462 e. The molecule has 0 radical (unpaired) electrons. The lowest BCUT2D eigenvalue weighted by molar-refractivity contribution is -0.148. The van der Waals surface area contributed by atoms with Crippen molar-refractivity contribution in [3.8, 4) is 6.07 Å². The van der Waals surface area contributed by atoms with E-state index in [2.05, 4.69) is 26.0 Å². The van der Waals surface area contributed by atoms with E-state index in [0.29, 0.717) is 24.4 Å². The molecule has 5 nitrogen and oxygen atoms in total. The molecule has 0 spiro atoms. The van der Waals surface area contributed by atoms with Gasteiger partial charge >= 0.3 is 11.9 Å². The number of hydrogen-bond donors (Lipinski definition) is 0. The molecule has 0 amide bonds. The Kier molecular flexibility index (Phi) is 5.79. The number of hydrogen-bond acceptors (Lipinski definition) is 5. The van der Waals surface area contributed by atoms with Gasteiger partial charge in [0, 0.05) is 13.3 Å². The molecule has 168 valence electrons. The molecule has 0 N–H and O–H groups in total. The Labute approximate surface area is 185 Å². The van der Waals surface area contributed by atoms with E-state index < -0.39 is 5.97 Å². The summed E-state index contributed by atoms with van der Waals surface area (Å²) in [5, 5.41) is 9.75. The molecule has 0 heterocycles. The molecule has 4 aliphatic rings. The molecule has 6 atom stereocenters. The molecular formula is C26H35NO4. The van der Waals surface area contributed by atoms with Crippen LogP contribution in [-0.2, 0) is 19.1 Å². The highest BCUT2D eigenvalue weighted by Crippen LogP contribution is 2.66. The van der Waals surface area contributed by atoms with Gasteiger partial charge in [0.1, 0.15) is 17.7 Å². The molecule has 0 unspecified atom stereocenters. The Morgan fingerprint density at radius 3 is 2.55 bits per heavy atom. The summed E-state index contributed by atoms with van der Waals surface area (Å²) in [5.74, 6) is 1.07. The van der Waals surface area contributed by atoms with Crippen molar-refractivity contribution in [3.05, 3.63) is 22.8 Å². The first-order valence-corrected chi connectivity index (χ1v) is 11.9. The average molecular weight is 426 g/mol. The second-order valence-corrected chi connectivity index (χ2v) is 10.4. The lowest BCUT2D eigenvalue weighted by Gasteiger charge is -2.57. The molecule has 3 fully saturated rings.